The van der Waals surface area contributed by atoms with Crippen LogP contribution in [0.15, 0.2) is 30.0 Å². The van der Waals surface area contributed by atoms with E-state index in [0.29, 0.717) is 0 Å². The van der Waals surface area contributed by atoms with Crippen LogP contribution in [0.2, 0.25) is 0 Å². The van der Waals surface area contributed by atoms with Crippen molar-refractivity contribution in [1.82, 2.24) is 0 Å². The standard InChI is InChI=1S/C14H15FN2O5/c1-8(18)16-11-6-9(4-5-10(11)15)17-12(14(20)22-3)7-13(19)21-2/h4-7,17H,1-3H3,(H,16,18)/b12-7+. The second kappa shape index (κ2) is 7.77. The minimum atomic E-state index is -0.809. The van der Waals surface area contributed by atoms with Crippen LogP contribution in [0.25, 0.3) is 0 Å². The molecule has 2 N–H and O–H groups in total. The van der Waals surface area contributed by atoms with Crippen molar-refractivity contribution in [1.29, 1.82) is 0 Å². The number of ether oxygens (including phenoxy) is 2. The zero-order valence-electron chi connectivity index (χ0n) is 12.2. The average molecular weight is 310 g/mol. The van der Waals surface area contributed by atoms with Gasteiger partial charge in [0.25, 0.3) is 0 Å². The molecular formula is C14H15FN2O5. The van der Waals surface area contributed by atoms with Gasteiger partial charge in [-0.05, 0) is 18.2 Å². The van der Waals surface area contributed by atoms with E-state index in [4.69, 9.17) is 0 Å². The molecule has 0 radical (unpaired) electrons. The number of hydrogen-bond donors (Lipinski definition) is 2. The molecule has 0 fully saturated rings. The Bertz CT molecular complexity index is 628. The smallest absolute Gasteiger partial charge is 0.354 e. The number of carbonyl (C=O) groups excluding carboxylic acids is 3. The zero-order chi connectivity index (χ0) is 16.7. The Labute approximate surface area is 126 Å². The van der Waals surface area contributed by atoms with E-state index in [1.165, 1.54) is 19.1 Å². The lowest BCUT2D eigenvalue weighted by Crippen LogP contribution is -2.16. The van der Waals surface area contributed by atoms with Crippen molar-refractivity contribution in [2.45, 2.75) is 6.92 Å². The number of halogens is 1. The van der Waals surface area contributed by atoms with E-state index in [-0.39, 0.29) is 17.1 Å². The van der Waals surface area contributed by atoms with Crippen molar-refractivity contribution < 1.29 is 28.2 Å². The number of esters is 2. The first-order valence-corrected chi connectivity index (χ1v) is 6.09. The number of methoxy groups -OCH3 is 2. The van der Waals surface area contributed by atoms with E-state index in [2.05, 4.69) is 20.1 Å². The van der Waals surface area contributed by atoms with Crippen LogP contribution in [-0.2, 0) is 23.9 Å². The molecule has 0 heterocycles. The normalized spacial score (nSPS) is 10.6. The lowest BCUT2D eigenvalue weighted by molar-refractivity contribution is -0.138. The molecule has 0 atom stereocenters. The van der Waals surface area contributed by atoms with Gasteiger partial charge in [0.1, 0.15) is 11.5 Å². The summed E-state index contributed by atoms with van der Waals surface area (Å²) in [6.07, 6.45) is 0.896. The van der Waals surface area contributed by atoms with Crippen molar-refractivity contribution in [3.8, 4) is 0 Å². The lowest BCUT2D eigenvalue weighted by atomic mass is 10.2. The molecule has 0 aliphatic rings. The minimum absolute atomic E-state index is 0.0696. The topological polar surface area (TPSA) is 93.7 Å². The zero-order valence-corrected chi connectivity index (χ0v) is 12.2. The average Bonchev–Trinajstić information content (AvgIpc) is 2.48. The largest absolute Gasteiger partial charge is 0.466 e. The van der Waals surface area contributed by atoms with Gasteiger partial charge in [-0.1, -0.05) is 0 Å². The van der Waals surface area contributed by atoms with Crippen LogP contribution in [0.4, 0.5) is 15.8 Å². The highest BCUT2D eigenvalue weighted by Gasteiger charge is 2.14. The van der Waals surface area contributed by atoms with E-state index < -0.39 is 23.7 Å². The van der Waals surface area contributed by atoms with Gasteiger partial charge >= 0.3 is 11.9 Å². The molecule has 1 rings (SSSR count). The summed E-state index contributed by atoms with van der Waals surface area (Å²) >= 11 is 0. The number of carbonyl (C=O) groups is 3. The first-order valence-electron chi connectivity index (χ1n) is 6.09. The Morgan fingerprint density at radius 2 is 1.82 bits per heavy atom. The number of anilines is 2. The van der Waals surface area contributed by atoms with Gasteiger partial charge in [0.2, 0.25) is 5.91 Å². The van der Waals surface area contributed by atoms with Crippen LogP contribution in [0.1, 0.15) is 6.92 Å². The van der Waals surface area contributed by atoms with E-state index in [1.54, 1.807) is 0 Å². The molecule has 8 heteroatoms. The summed E-state index contributed by atoms with van der Waals surface area (Å²) in [7, 11) is 2.29. The van der Waals surface area contributed by atoms with Crippen LogP contribution in [0.5, 0.6) is 0 Å². The molecule has 0 unspecified atom stereocenters. The first kappa shape index (κ1) is 17.2. The Kier molecular flexibility index (Phi) is 6.06. The molecule has 22 heavy (non-hydrogen) atoms. The monoisotopic (exact) mass is 310 g/mol. The molecule has 7 nitrogen and oxygen atoms in total. The van der Waals surface area contributed by atoms with Crippen LogP contribution in [-0.4, -0.2) is 32.1 Å². The summed E-state index contributed by atoms with van der Waals surface area (Å²) in [5.41, 5.74) is 0.000204. The molecule has 1 aromatic carbocycles. The summed E-state index contributed by atoms with van der Waals surface area (Å²) in [5, 5.41) is 4.90. The predicted octanol–water partition coefficient (Wildman–Crippen LogP) is 1.43. The maximum Gasteiger partial charge on any atom is 0.354 e. The van der Waals surface area contributed by atoms with Gasteiger partial charge in [-0.3, -0.25) is 4.79 Å². The van der Waals surface area contributed by atoms with E-state index >= 15 is 0 Å². The fraction of sp³-hybridized carbons (Fsp3) is 0.214. The number of nitrogens with one attached hydrogen (secondary N) is 2. The van der Waals surface area contributed by atoms with E-state index in [1.807, 2.05) is 0 Å². The fourth-order valence-electron chi connectivity index (χ4n) is 1.48. The second-order valence-electron chi connectivity index (χ2n) is 4.07. The fourth-order valence-corrected chi connectivity index (χ4v) is 1.48. The summed E-state index contributed by atoms with van der Waals surface area (Å²) in [6.45, 7) is 1.23. The van der Waals surface area contributed by atoms with Crippen molar-refractivity contribution in [3.63, 3.8) is 0 Å². The molecular weight excluding hydrogens is 295 g/mol. The van der Waals surface area contributed by atoms with Gasteiger partial charge in [-0.2, -0.15) is 0 Å². The molecule has 118 valence electrons. The SMILES string of the molecule is COC(=O)/C=C(/Nc1ccc(F)c(NC(C)=O)c1)C(=O)OC. The third kappa shape index (κ3) is 4.89. The molecule has 0 saturated carbocycles. The third-order valence-electron chi connectivity index (χ3n) is 2.42. The Morgan fingerprint density at radius 3 is 2.36 bits per heavy atom. The van der Waals surface area contributed by atoms with Gasteiger partial charge < -0.3 is 20.1 Å². The van der Waals surface area contributed by atoms with Crippen LogP contribution < -0.4 is 10.6 Å². The highest BCUT2D eigenvalue weighted by molar-refractivity contribution is 5.99. The third-order valence-corrected chi connectivity index (χ3v) is 2.42. The van der Waals surface area contributed by atoms with Gasteiger partial charge in [0, 0.05) is 12.6 Å². The Balaban J connectivity index is 3.08. The highest BCUT2D eigenvalue weighted by Crippen LogP contribution is 2.21. The molecule has 0 aliphatic carbocycles. The van der Waals surface area contributed by atoms with Gasteiger partial charge in [0.15, 0.2) is 0 Å². The molecule has 0 aliphatic heterocycles. The number of benzene rings is 1. The van der Waals surface area contributed by atoms with E-state index in [9.17, 15) is 18.8 Å². The maximum absolute atomic E-state index is 13.5. The van der Waals surface area contributed by atoms with Crippen molar-refractivity contribution in [2.24, 2.45) is 0 Å². The van der Waals surface area contributed by atoms with Gasteiger partial charge in [-0.15, -0.1) is 0 Å². The highest BCUT2D eigenvalue weighted by atomic mass is 19.1. The summed E-state index contributed by atoms with van der Waals surface area (Å²) in [6, 6.07) is 3.69. The lowest BCUT2D eigenvalue weighted by Gasteiger charge is -2.11. The Morgan fingerprint density at radius 1 is 1.14 bits per heavy atom. The number of amides is 1. The minimum Gasteiger partial charge on any atom is -0.466 e. The maximum atomic E-state index is 13.5. The van der Waals surface area contributed by atoms with Gasteiger partial charge in [0.05, 0.1) is 26.0 Å². The Hall–Kier alpha value is -2.90. The summed E-state index contributed by atoms with van der Waals surface area (Å²) < 4.78 is 22.5. The molecule has 1 aromatic rings. The molecule has 0 saturated heterocycles. The predicted molar refractivity (Wildman–Crippen MR) is 76.4 cm³/mol. The molecule has 0 spiro atoms. The number of rotatable bonds is 5. The van der Waals surface area contributed by atoms with Crippen molar-refractivity contribution >= 4 is 29.2 Å². The van der Waals surface area contributed by atoms with Crippen molar-refractivity contribution in [2.75, 3.05) is 24.9 Å². The molecule has 0 bridgehead atoms. The molecule has 0 aromatic heterocycles. The molecule has 1 amide bonds. The first-order chi connectivity index (χ1) is 10.4. The quantitative estimate of drug-likeness (QED) is 0.631. The van der Waals surface area contributed by atoms with Crippen LogP contribution in [0, 0.1) is 5.82 Å². The van der Waals surface area contributed by atoms with Crippen LogP contribution in [0.3, 0.4) is 0 Å². The summed E-state index contributed by atoms with van der Waals surface area (Å²) in [4.78, 5) is 33.8. The summed E-state index contributed by atoms with van der Waals surface area (Å²) in [5.74, 6) is -2.67. The number of hydrogen-bond acceptors (Lipinski definition) is 6. The van der Waals surface area contributed by atoms with E-state index in [0.717, 1.165) is 26.4 Å². The van der Waals surface area contributed by atoms with Crippen LogP contribution >= 0.6 is 0 Å². The second-order valence-corrected chi connectivity index (χ2v) is 4.07. The van der Waals surface area contributed by atoms with Gasteiger partial charge in [-0.25, -0.2) is 14.0 Å². The van der Waals surface area contributed by atoms with Crippen molar-refractivity contribution in [3.05, 3.63) is 35.8 Å².